The highest BCUT2D eigenvalue weighted by Crippen LogP contribution is 2.32. The molecule has 0 bridgehead atoms. The van der Waals surface area contributed by atoms with E-state index in [9.17, 15) is 14.4 Å². The van der Waals surface area contributed by atoms with Gasteiger partial charge >= 0.3 is 5.97 Å². The summed E-state index contributed by atoms with van der Waals surface area (Å²) >= 11 is 0. The largest absolute Gasteiger partial charge is 0.469 e. The molecule has 1 fully saturated rings. The molecule has 5 nitrogen and oxygen atoms in total. The Bertz CT molecular complexity index is 592. The number of ether oxygens (including phenoxy) is 1. The maximum Gasteiger partial charge on any atom is 0.309 e. The molecule has 0 unspecified atom stereocenters. The molecule has 1 aromatic carbocycles. The van der Waals surface area contributed by atoms with Crippen LogP contribution in [0.1, 0.15) is 31.4 Å². The van der Waals surface area contributed by atoms with E-state index in [0.717, 1.165) is 11.1 Å². The zero-order chi connectivity index (χ0) is 15.6. The van der Waals surface area contributed by atoms with Crippen LogP contribution in [0.4, 0.5) is 0 Å². The second-order valence-electron chi connectivity index (χ2n) is 5.87. The van der Waals surface area contributed by atoms with Crippen molar-refractivity contribution >= 4 is 17.8 Å². The van der Waals surface area contributed by atoms with Gasteiger partial charge in [0.15, 0.2) is 0 Å². The lowest BCUT2D eigenvalue weighted by molar-refractivity contribution is -0.141. The van der Waals surface area contributed by atoms with Gasteiger partial charge in [-0.3, -0.25) is 19.3 Å². The van der Waals surface area contributed by atoms with E-state index in [2.05, 4.69) is 4.74 Å². The van der Waals surface area contributed by atoms with Crippen LogP contribution in [0.25, 0.3) is 0 Å². The molecule has 0 aromatic heterocycles. The minimum Gasteiger partial charge on any atom is -0.469 e. The van der Waals surface area contributed by atoms with Gasteiger partial charge in [0.25, 0.3) is 0 Å². The number of rotatable bonds is 4. The molecule has 0 atom stereocenters. The van der Waals surface area contributed by atoms with Crippen molar-refractivity contribution < 1.29 is 19.1 Å². The van der Waals surface area contributed by atoms with Gasteiger partial charge in [0, 0.05) is 6.42 Å². The van der Waals surface area contributed by atoms with E-state index in [1.807, 2.05) is 24.3 Å². The Labute approximate surface area is 123 Å². The summed E-state index contributed by atoms with van der Waals surface area (Å²) in [4.78, 5) is 37.0. The molecule has 1 aliphatic rings. The monoisotopic (exact) mass is 289 g/mol. The van der Waals surface area contributed by atoms with E-state index in [1.54, 1.807) is 13.8 Å². The molecule has 5 heteroatoms. The fourth-order valence-electron chi connectivity index (χ4n) is 2.47. The Hall–Kier alpha value is -2.17. The summed E-state index contributed by atoms with van der Waals surface area (Å²) in [6.45, 7) is 3.75. The summed E-state index contributed by atoms with van der Waals surface area (Å²) < 4.78 is 4.67. The Balaban J connectivity index is 2.22. The second kappa shape index (κ2) is 5.68. The predicted octanol–water partition coefficient (Wildman–Crippen LogP) is 1.69. The van der Waals surface area contributed by atoms with Crippen LogP contribution in [-0.4, -0.2) is 29.8 Å². The van der Waals surface area contributed by atoms with E-state index in [0.29, 0.717) is 0 Å². The molecular weight excluding hydrogens is 270 g/mol. The molecule has 0 aliphatic carbocycles. The van der Waals surface area contributed by atoms with Crippen molar-refractivity contribution in [1.82, 2.24) is 4.90 Å². The number of esters is 1. The molecule has 1 heterocycles. The van der Waals surface area contributed by atoms with Gasteiger partial charge in [-0.25, -0.2) is 0 Å². The lowest BCUT2D eigenvalue weighted by Gasteiger charge is -2.19. The number of carbonyl (C=O) groups excluding carboxylic acids is 3. The zero-order valence-electron chi connectivity index (χ0n) is 12.5. The van der Waals surface area contributed by atoms with Crippen LogP contribution in [0, 0.1) is 5.41 Å². The van der Waals surface area contributed by atoms with Gasteiger partial charge in [-0.2, -0.15) is 0 Å². The summed E-state index contributed by atoms with van der Waals surface area (Å²) in [5.74, 6) is -0.680. The Morgan fingerprint density at radius 3 is 2.38 bits per heavy atom. The molecule has 0 spiro atoms. The second-order valence-corrected chi connectivity index (χ2v) is 5.87. The molecule has 1 saturated heterocycles. The summed E-state index contributed by atoms with van der Waals surface area (Å²) in [7, 11) is 1.33. The first-order chi connectivity index (χ1) is 9.85. The number of amides is 2. The third-order valence-corrected chi connectivity index (χ3v) is 3.73. The Morgan fingerprint density at radius 2 is 1.86 bits per heavy atom. The predicted molar refractivity (Wildman–Crippen MR) is 76.1 cm³/mol. The highest BCUT2D eigenvalue weighted by atomic mass is 16.5. The first-order valence-corrected chi connectivity index (χ1v) is 6.83. The average Bonchev–Trinajstić information content (AvgIpc) is 2.62. The van der Waals surface area contributed by atoms with Crippen molar-refractivity contribution in [3.63, 3.8) is 0 Å². The van der Waals surface area contributed by atoms with Gasteiger partial charge in [0.05, 0.1) is 25.5 Å². The van der Waals surface area contributed by atoms with Crippen LogP contribution >= 0.6 is 0 Å². The quantitative estimate of drug-likeness (QED) is 0.625. The first-order valence-electron chi connectivity index (χ1n) is 6.83. The van der Waals surface area contributed by atoms with Gasteiger partial charge in [-0.05, 0) is 11.1 Å². The number of imide groups is 1. The molecule has 2 rings (SSSR count). The number of methoxy groups -OCH3 is 1. The minimum absolute atomic E-state index is 0.131. The van der Waals surface area contributed by atoms with Crippen LogP contribution in [0.2, 0.25) is 0 Å². The van der Waals surface area contributed by atoms with E-state index >= 15 is 0 Å². The van der Waals surface area contributed by atoms with Crippen LogP contribution in [0.5, 0.6) is 0 Å². The van der Waals surface area contributed by atoms with Crippen LogP contribution < -0.4 is 0 Å². The van der Waals surface area contributed by atoms with Crippen LogP contribution in [0.3, 0.4) is 0 Å². The van der Waals surface area contributed by atoms with Gasteiger partial charge in [-0.15, -0.1) is 0 Å². The summed E-state index contributed by atoms with van der Waals surface area (Å²) in [6.07, 6.45) is 0.358. The number of likely N-dealkylation sites (tertiary alicyclic amines) is 1. The molecule has 1 aliphatic heterocycles. The minimum atomic E-state index is -0.644. The van der Waals surface area contributed by atoms with Gasteiger partial charge in [0.2, 0.25) is 11.8 Å². The molecule has 0 saturated carbocycles. The number of hydrogen-bond donors (Lipinski definition) is 0. The normalized spacial score (nSPS) is 17.2. The van der Waals surface area contributed by atoms with Gasteiger partial charge in [-0.1, -0.05) is 38.1 Å². The van der Waals surface area contributed by atoms with Gasteiger partial charge in [0.1, 0.15) is 0 Å². The SMILES string of the molecule is COC(=O)Cc1ccccc1CN1C(=O)CC(C)(C)C1=O. The summed E-state index contributed by atoms with van der Waals surface area (Å²) in [6, 6.07) is 7.28. The molecule has 21 heavy (non-hydrogen) atoms. The first kappa shape index (κ1) is 15.2. The van der Waals surface area contributed by atoms with Crippen molar-refractivity contribution in [1.29, 1.82) is 0 Å². The maximum atomic E-state index is 12.2. The molecular formula is C16H19NO4. The van der Waals surface area contributed by atoms with E-state index in [4.69, 9.17) is 0 Å². The molecule has 0 radical (unpaired) electrons. The molecule has 2 amide bonds. The van der Waals surface area contributed by atoms with Crippen molar-refractivity contribution in [2.45, 2.75) is 33.2 Å². The average molecular weight is 289 g/mol. The lowest BCUT2D eigenvalue weighted by atomic mass is 9.92. The molecule has 0 N–H and O–H groups in total. The van der Waals surface area contributed by atoms with Crippen LogP contribution in [0.15, 0.2) is 24.3 Å². The number of hydrogen-bond acceptors (Lipinski definition) is 4. The highest BCUT2D eigenvalue weighted by Gasteiger charge is 2.44. The number of benzene rings is 1. The summed E-state index contributed by atoms with van der Waals surface area (Å²) in [5.41, 5.74) is 0.922. The lowest BCUT2D eigenvalue weighted by Crippen LogP contribution is -2.33. The Morgan fingerprint density at radius 1 is 1.24 bits per heavy atom. The van der Waals surface area contributed by atoms with Gasteiger partial charge < -0.3 is 4.74 Å². The van der Waals surface area contributed by atoms with Crippen molar-refractivity contribution in [2.75, 3.05) is 7.11 Å². The fourth-order valence-corrected chi connectivity index (χ4v) is 2.47. The van der Waals surface area contributed by atoms with E-state index in [1.165, 1.54) is 12.0 Å². The topological polar surface area (TPSA) is 63.7 Å². The number of carbonyl (C=O) groups is 3. The molecule has 112 valence electrons. The smallest absolute Gasteiger partial charge is 0.309 e. The Kier molecular flexibility index (Phi) is 4.11. The zero-order valence-corrected chi connectivity index (χ0v) is 12.5. The van der Waals surface area contributed by atoms with E-state index < -0.39 is 5.41 Å². The molecule has 1 aromatic rings. The summed E-state index contributed by atoms with van der Waals surface area (Å²) in [5, 5.41) is 0. The fraction of sp³-hybridized carbons (Fsp3) is 0.438. The van der Waals surface area contributed by atoms with Crippen molar-refractivity contribution in [3.8, 4) is 0 Å². The number of nitrogens with zero attached hydrogens (tertiary/aromatic N) is 1. The third-order valence-electron chi connectivity index (χ3n) is 3.73. The maximum absolute atomic E-state index is 12.2. The van der Waals surface area contributed by atoms with E-state index in [-0.39, 0.29) is 37.2 Å². The van der Waals surface area contributed by atoms with Crippen molar-refractivity contribution in [2.24, 2.45) is 5.41 Å². The third kappa shape index (κ3) is 3.12. The van der Waals surface area contributed by atoms with Crippen molar-refractivity contribution in [3.05, 3.63) is 35.4 Å². The van der Waals surface area contributed by atoms with Crippen LogP contribution in [-0.2, 0) is 32.1 Å². The highest BCUT2D eigenvalue weighted by molar-refractivity contribution is 6.05. The standard InChI is InChI=1S/C16H19NO4/c1-16(2)9-13(18)17(15(16)20)10-12-7-5-4-6-11(12)8-14(19)21-3/h4-7H,8-10H2,1-3H3.